The van der Waals surface area contributed by atoms with Crippen LogP contribution in [0.1, 0.15) is 60.8 Å². The molecule has 86 valence electrons. The van der Waals surface area contributed by atoms with Gasteiger partial charge < -0.3 is 0 Å². The molecule has 0 aliphatic carbocycles. The van der Waals surface area contributed by atoms with Crippen molar-refractivity contribution in [3.63, 3.8) is 0 Å². The maximum Gasteiger partial charge on any atom is 0.0589 e. The van der Waals surface area contributed by atoms with Crippen molar-refractivity contribution in [2.45, 2.75) is 84.0 Å². The van der Waals surface area contributed by atoms with Gasteiger partial charge in [-0.25, -0.2) is 0 Å². The zero-order chi connectivity index (χ0) is 11.2. The highest BCUT2D eigenvalue weighted by molar-refractivity contribution is 6.82. The molecule has 0 unspecified atom stereocenters. The Morgan fingerprint density at radius 1 is 0.714 bits per heavy atom. The van der Waals surface area contributed by atoms with E-state index in [-0.39, 0.29) is 0 Å². The van der Waals surface area contributed by atoms with Crippen molar-refractivity contribution in [3.8, 4) is 0 Å². The second kappa shape index (κ2) is 5.94. The number of rotatable bonds is 6. The van der Waals surface area contributed by atoms with Crippen LogP contribution in [0.25, 0.3) is 0 Å². The number of hydrogen-bond donors (Lipinski definition) is 0. The van der Waals surface area contributed by atoms with Gasteiger partial charge in [-0.05, 0) is 5.04 Å². The molecule has 0 nitrogen and oxygen atoms in total. The molecule has 0 atom stereocenters. The minimum Gasteiger partial charge on any atom is -0.0656 e. The van der Waals surface area contributed by atoms with Crippen LogP contribution < -0.4 is 0 Å². The fourth-order valence-corrected chi connectivity index (χ4v) is 8.81. The summed E-state index contributed by atoms with van der Waals surface area (Å²) in [4.78, 5) is 0. The summed E-state index contributed by atoms with van der Waals surface area (Å²) in [6.07, 6.45) is 4.18. The van der Waals surface area contributed by atoms with Crippen LogP contribution in [-0.4, -0.2) is 8.07 Å². The molecule has 14 heavy (non-hydrogen) atoms. The van der Waals surface area contributed by atoms with E-state index in [9.17, 15) is 0 Å². The van der Waals surface area contributed by atoms with Crippen molar-refractivity contribution in [1.82, 2.24) is 0 Å². The average Bonchev–Trinajstić information content (AvgIpc) is 2.03. The second-order valence-corrected chi connectivity index (χ2v) is 11.3. The molecule has 0 aromatic heterocycles. The van der Waals surface area contributed by atoms with Gasteiger partial charge in [-0.3, -0.25) is 0 Å². The molecule has 0 saturated carbocycles. The van der Waals surface area contributed by atoms with E-state index in [1.54, 1.807) is 0 Å². The van der Waals surface area contributed by atoms with E-state index in [4.69, 9.17) is 0 Å². The summed E-state index contributed by atoms with van der Waals surface area (Å²) in [5, 5.41) is 0.606. The zero-order valence-corrected chi connectivity index (χ0v) is 12.2. The Morgan fingerprint density at radius 3 is 1.14 bits per heavy atom. The minimum absolute atomic E-state index is 0.606. The van der Waals surface area contributed by atoms with Crippen molar-refractivity contribution in [2.24, 2.45) is 0 Å². The van der Waals surface area contributed by atoms with Gasteiger partial charge in [0.1, 0.15) is 0 Å². The molecular weight excluding hydrogens is 184 g/mol. The third kappa shape index (κ3) is 3.41. The first-order valence-electron chi connectivity index (χ1n) is 6.43. The van der Waals surface area contributed by atoms with Gasteiger partial charge in [-0.1, -0.05) is 78.9 Å². The average molecular weight is 214 g/mol. The Kier molecular flexibility index (Phi) is 6.04. The molecule has 0 saturated heterocycles. The van der Waals surface area contributed by atoms with Gasteiger partial charge in [-0.15, -0.1) is 0 Å². The lowest BCUT2D eigenvalue weighted by Gasteiger charge is -2.43. The Morgan fingerprint density at radius 2 is 1.00 bits per heavy atom. The van der Waals surface area contributed by atoms with Crippen LogP contribution >= 0.6 is 0 Å². The van der Waals surface area contributed by atoms with Crippen LogP contribution in [0.2, 0.25) is 23.2 Å². The van der Waals surface area contributed by atoms with Crippen LogP contribution in [0.5, 0.6) is 0 Å². The molecule has 0 rings (SSSR count). The molecular formula is C13H30Si. The van der Waals surface area contributed by atoms with Gasteiger partial charge in [0.25, 0.3) is 0 Å². The van der Waals surface area contributed by atoms with Crippen molar-refractivity contribution >= 4 is 8.07 Å². The fraction of sp³-hybridized carbons (Fsp3) is 1.00. The molecule has 0 aromatic carbocycles. The first kappa shape index (κ1) is 14.2. The van der Waals surface area contributed by atoms with Crippen LogP contribution in [-0.2, 0) is 0 Å². The van der Waals surface area contributed by atoms with E-state index in [1.165, 1.54) is 37.4 Å². The highest BCUT2D eigenvalue weighted by Gasteiger charge is 2.41. The predicted octanol–water partition coefficient (Wildman–Crippen LogP) is 5.47. The monoisotopic (exact) mass is 214 g/mol. The third-order valence-electron chi connectivity index (χ3n) is 3.78. The predicted molar refractivity (Wildman–Crippen MR) is 70.8 cm³/mol. The summed E-state index contributed by atoms with van der Waals surface area (Å²) >= 11 is 0. The maximum atomic E-state index is 2.49. The zero-order valence-electron chi connectivity index (χ0n) is 11.2. The highest BCUT2D eigenvalue weighted by Crippen LogP contribution is 2.46. The lowest BCUT2D eigenvalue weighted by molar-refractivity contribution is 0.676. The Hall–Kier alpha value is 0.217. The molecule has 0 spiro atoms. The second-order valence-electron chi connectivity index (χ2n) is 5.78. The van der Waals surface area contributed by atoms with Gasteiger partial charge in [0, 0.05) is 0 Å². The molecule has 0 heterocycles. The normalized spacial score (nSPS) is 13.3. The summed E-state index contributed by atoms with van der Waals surface area (Å²) in [6.45, 7) is 14.5. The van der Waals surface area contributed by atoms with Crippen molar-refractivity contribution in [2.75, 3.05) is 0 Å². The summed E-state index contributed by atoms with van der Waals surface area (Å²) in [5.41, 5.74) is 0. The summed E-state index contributed by atoms with van der Waals surface area (Å²) in [7, 11) is -0.997. The summed E-state index contributed by atoms with van der Waals surface area (Å²) in [5.74, 6) is 0. The lowest BCUT2D eigenvalue weighted by Crippen LogP contribution is -2.43. The van der Waals surface area contributed by atoms with Gasteiger partial charge in [0.15, 0.2) is 0 Å². The topological polar surface area (TPSA) is 0 Å². The first-order chi connectivity index (χ1) is 6.43. The molecule has 1 heteroatoms. The van der Waals surface area contributed by atoms with Crippen molar-refractivity contribution < 1.29 is 0 Å². The van der Waals surface area contributed by atoms with Crippen LogP contribution in [0.15, 0.2) is 0 Å². The number of hydrogen-bond acceptors (Lipinski definition) is 0. The molecule has 0 N–H and O–H groups in total. The van der Waals surface area contributed by atoms with Gasteiger partial charge in [0.2, 0.25) is 0 Å². The SMILES string of the molecule is CCC[Si](CCC)(CCC)C(C)(C)C. The van der Waals surface area contributed by atoms with Crippen LogP contribution in [0.3, 0.4) is 0 Å². The molecule has 0 aliphatic heterocycles. The van der Waals surface area contributed by atoms with E-state index in [1.807, 2.05) is 0 Å². The van der Waals surface area contributed by atoms with Crippen molar-refractivity contribution in [3.05, 3.63) is 0 Å². The van der Waals surface area contributed by atoms with Gasteiger partial charge in [-0.2, -0.15) is 0 Å². The maximum absolute atomic E-state index is 2.49. The standard InChI is InChI=1S/C13H30Si/c1-7-10-14(11-8-2,12-9-3)13(4,5)6/h7-12H2,1-6H3. The smallest absolute Gasteiger partial charge is 0.0589 e. The molecule has 0 aliphatic rings. The Bertz CT molecular complexity index is 127. The van der Waals surface area contributed by atoms with E-state index < -0.39 is 8.07 Å². The van der Waals surface area contributed by atoms with E-state index in [2.05, 4.69) is 41.5 Å². The van der Waals surface area contributed by atoms with Crippen LogP contribution in [0, 0.1) is 0 Å². The summed E-state index contributed by atoms with van der Waals surface area (Å²) < 4.78 is 0. The van der Waals surface area contributed by atoms with Crippen molar-refractivity contribution in [1.29, 1.82) is 0 Å². The van der Waals surface area contributed by atoms with E-state index in [0.29, 0.717) is 5.04 Å². The molecule has 0 radical (unpaired) electrons. The van der Waals surface area contributed by atoms with E-state index in [0.717, 1.165) is 0 Å². The molecule has 0 aromatic rings. The minimum atomic E-state index is -0.997. The largest absolute Gasteiger partial charge is 0.0656 e. The quantitative estimate of drug-likeness (QED) is 0.515. The fourth-order valence-electron chi connectivity index (χ4n) is 2.94. The third-order valence-corrected chi connectivity index (χ3v) is 11.3. The van der Waals surface area contributed by atoms with Gasteiger partial charge in [0.05, 0.1) is 8.07 Å². The Labute approximate surface area is 92.5 Å². The molecule has 0 amide bonds. The lowest BCUT2D eigenvalue weighted by atomic mass is 10.2. The molecule has 0 fully saturated rings. The Balaban J connectivity index is 4.73. The molecule has 0 bridgehead atoms. The van der Waals surface area contributed by atoms with Crippen LogP contribution in [0.4, 0.5) is 0 Å². The highest BCUT2D eigenvalue weighted by atomic mass is 28.3. The van der Waals surface area contributed by atoms with Gasteiger partial charge >= 0.3 is 0 Å². The van der Waals surface area contributed by atoms with E-state index >= 15 is 0 Å². The summed E-state index contributed by atoms with van der Waals surface area (Å²) in [6, 6.07) is 4.62. The first-order valence-corrected chi connectivity index (χ1v) is 9.05.